The zero-order chi connectivity index (χ0) is 20.5. The highest BCUT2D eigenvalue weighted by molar-refractivity contribution is 14.0. The molecule has 0 spiro atoms. The number of phenolic OH excluding ortho intramolecular Hbond substituents is 1. The molecule has 0 aliphatic carbocycles. The average molecular weight is 517 g/mol. The summed E-state index contributed by atoms with van der Waals surface area (Å²) in [6.45, 7) is 3.69. The van der Waals surface area contributed by atoms with Gasteiger partial charge < -0.3 is 24.8 Å². The number of aliphatic imine (C=N–C) groups is 1. The number of benzene rings is 2. The van der Waals surface area contributed by atoms with Gasteiger partial charge in [0.2, 0.25) is 0 Å². The second-order valence-corrected chi connectivity index (χ2v) is 6.28. The number of nitrogens with zero attached hydrogens (tertiary/aromatic N) is 2. The molecule has 0 aliphatic rings. The molecule has 0 amide bonds. The van der Waals surface area contributed by atoms with Gasteiger partial charge in [-0.05, 0) is 42.7 Å². The molecule has 0 radical (unpaired) electrons. The molecule has 2 aromatic rings. The highest BCUT2D eigenvalue weighted by Gasteiger charge is 2.10. The fourth-order valence-corrected chi connectivity index (χ4v) is 2.84. The first-order chi connectivity index (χ1) is 13.5. The number of hydrogen-bond donors (Lipinski definition) is 2. The number of guanidine groups is 1. The van der Waals surface area contributed by atoms with Crippen LogP contribution in [0.5, 0.6) is 17.2 Å². The Morgan fingerprint density at radius 1 is 1.17 bits per heavy atom. The summed E-state index contributed by atoms with van der Waals surface area (Å²) in [5.41, 5.74) is 1.59. The number of nitrogens with one attached hydrogen (secondary N) is 1. The minimum Gasteiger partial charge on any atom is -0.504 e. The van der Waals surface area contributed by atoms with Gasteiger partial charge in [0.25, 0.3) is 0 Å². The van der Waals surface area contributed by atoms with Gasteiger partial charge in [-0.2, -0.15) is 0 Å². The third-order valence-electron chi connectivity index (χ3n) is 4.28. The van der Waals surface area contributed by atoms with E-state index in [1.807, 2.05) is 37.1 Å². The SMILES string of the molecule is CCNC(=NCCc1cccc(OC)c1O)N(C)Cc1ccc(OC)c(F)c1.I. The number of aromatic hydroxyl groups is 1. The molecule has 0 bridgehead atoms. The standard InChI is InChI=1S/C21H28FN3O3.HI/c1-5-23-21(24-12-11-16-7-6-8-19(28-4)20(16)26)25(2)14-15-9-10-18(27-3)17(22)13-15;/h6-10,13,26H,5,11-12,14H2,1-4H3,(H,23,24);1H. The number of rotatable bonds is 8. The summed E-state index contributed by atoms with van der Waals surface area (Å²) in [6.07, 6.45) is 0.572. The van der Waals surface area contributed by atoms with Crippen LogP contribution in [-0.2, 0) is 13.0 Å². The molecule has 0 heterocycles. The monoisotopic (exact) mass is 517 g/mol. The van der Waals surface area contributed by atoms with Crippen LogP contribution in [0.15, 0.2) is 41.4 Å². The zero-order valence-electron chi connectivity index (χ0n) is 17.2. The van der Waals surface area contributed by atoms with Gasteiger partial charge in [-0.25, -0.2) is 4.39 Å². The maximum atomic E-state index is 13.9. The van der Waals surface area contributed by atoms with E-state index in [2.05, 4.69) is 10.3 Å². The van der Waals surface area contributed by atoms with Crippen LogP contribution in [0.25, 0.3) is 0 Å². The summed E-state index contributed by atoms with van der Waals surface area (Å²) in [5, 5.41) is 13.4. The van der Waals surface area contributed by atoms with Crippen molar-refractivity contribution < 1.29 is 19.0 Å². The van der Waals surface area contributed by atoms with E-state index < -0.39 is 0 Å². The average Bonchev–Trinajstić information content (AvgIpc) is 2.68. The lowest BCUT2D eigenvalue weighted by molar-refractivity contribution is 0.370. The Morgan fingerprint density at radius 2 is 1.90 bits per heavy atom. The lowest BCUT2D eigenvalue weighted by Crippen LogP contribution is -2.38. The van der Waals surface area contributed by atoms with Crippen LogP contribution in [0.3, 0.4) is 0 Å². The van der Waals surface area contributed by atoms with Crippen molar-refractivity contribution in [2.24, 2.45) is 4.99 Å². The lowest BCUT2D eigenvalue weighted by Gasteiger charge is -2.22. The Kier molecular flexibility index (Phi) is 10.6. The van der Waals surface area contributed by atoms with Gasteiger partial charge in [-0.15, -0.1) is 24.0 Å². The molecule has 0 saturated heterocycles. The Hall–Kier alpha value is -2.23. The van der Waals surface area contributed by atoms with E-state index >= 15 is 0 Å². The summed E-state index contributed by atoms with van der Waals surface area (Å²) in [6, 6.07) is 10.3. The second-order valence-electron chi connectivity index (χ2n) is 6.28. The van der Waals surface area contributed by atoms with Crippen LogP contribution in [0, 0.1) is 5.82 Å². The quantitative estimate of drug-likeness (QED) is 0.317. The van der Waals surface area contributed by atoms with Crippen molar-refractivity contribution >= 4 is 29.9 Å². The molecule has 2 aromatic carbocycles. The van der Waals surface area contributed by atoms with Crippen LogP contribution in [-0.4, -0.2) is 50.3 Å². The number of ether oxygens (including phenoxy) is 2. The van der Waals surface area contributed by atoms with E-state index in [4.69, 9.17) is 9.47 Å². The van der Waals surface area contributed by atoms with E-state index in [0.717, 1.165) is 11.1 Å². The van der Waals surface area contributed by atoms with Crippen LogP contribution < -0.4 is 14.8 Å². The topological polar surface area (TPSA) is 66.3 Å². The fraction of sp³-hybridized carbons (Fsp3) is 0.381. The van der Waals surface area contributed by atoms with Gasteiger partial charge in [0.1, 0.15) is 0 Å². The van der Waals surface area contributed by atoms with Crippen molar-refractivity contribution in [3.63, 3.8) is 0 Å². The highest BCUT2D eigenvalue weighted by Crippen LogP contribution is 2.29. The van der Waals surface area contributed by atoms with Crippen molar-refractivity contribution in [3.8, 4) is 17.2 Å². The third-order valence-corrected chi connectivity index (χ3v) is 4.28. The molecule has 0 fully saturated rings. The number of phenols is 1. The maximum Gasteiger partial charge on any atom is 0.193 e. The van der Waals surface area contributed by atoms with Gasteiger partial charge in [-0.1, -0.05) is 18.2 Å². The molecule has 2 N–H and O–H groups in total. The molecule has 160 valence electrons. The Bertz CT molecular complexity index is 818. The van der Waals surface area contributed by atoms with E-state index in [-0.39, 0.29) is 41.3 Å². The zero-order valence-corrected chi connectivity index (χ0v) is 19.6. The predicted molar refractivity (Wildman–Crippen MR) is 124 cm³/mol. The predicted octanol–water partition coefficient (Wildman–Crippen LogP) is 3.81. The smallest absolute Gasteiger partial charge is 0.193 e. The van der Waals surface area contributed by atoms with Crippen LogP contribution in [0.2, 0.25) is 0 Å². The van der Waals surface area contributed by atoms with Crippen LogP contribution >= 0.6 is 24.0 Å². The van der Waals surface area contributed by atoms with Gasteiger partial charge >= 0.3 is 0 Å². The molecule has 6 nitrogen and oxygen atoms in total. The van der Waals surface area contributed by atoms with Gasteiger partial charge in [-0.3, -0.25) is 4.99 Å². The minimum atomic E-state index is -0.385. The van der Waals surface area contributed by atoms with Crippen LogP contribution in [0.1, 0.15) is 18.1 Å². The normalized spacial score (nSPS) is 10.9. The number of halogens is 2. The van der Waals surface area contributed by atoms with Crippen molar-refractivity contribution in [1.82, 2.24) is 10.2 Å². The van der Waals surface area contributed by atoms with Gasteiger partial charge in [0, 0.05) is 26.7 Å². The molecule has 29 heavy (non-hydrogen) atoms. The van der Waals surface area contributed by atoms with Crippen molar-refractivity contribution in [1.29, 1.82) is 0 Å². The van der Waals surface area contributed by atoms with Crippen molar-refractivity contribution in [2.75, 3.05) is 34.4 Å². The highest BCUT2D eigenvalue weighted by atomic mass is 127. The molecule has 0 aromatic heterocycles. The number of methoxy groups -OCH3 is 2. The molecular weight excluding hydrogens is 488 g/mol. The van der Waals surface area contributed by atoms with E-state index in [0.29, 0.717) is 37.8 Å². The summed E-state index contributed by atoms with van der Waals surface area (Å²) in [4.78, 5) is 6.55. The second kappa shape index (κ2) is 12.4. The van der Waals surface area contributed by atoms with Gasteiger partial charge in [0.15, 0.2) is 29.0 Å². The molecule has 0 saturated carbocycles. The van der Waals surface area contributed by atoms with Crippen molar-refractivity contribution in [3.05, 3.63) is 53.3 Å². The largest absolute Gasteiger partial charge is 0.504 e. The maximum absolute atomic E-state index is 13.9. The summed E-state index contributed by atoms with van der Waals surface area (Å²) in [7, 11) is 4.87. The summed E-state index contributed by atoms with van der Waals surface area (Å²) < 4.78 is 24.0. The Morgan fingerprint density at radius 3 is 2.52 bits per heavy atom. The van der Waals surface area contributed by atoms with E-state index in [9.17, 15) is 9.50 Å². The molecule has 8 heteroatoms. The summed E-state index contributed by atoms with van der Waals surface area (Å²) in [5.74, 6) is 1.15. The minimum absolute atomic E-state index is 0. The third kappa shape index (κ3) is 6.95. The summed E-state index contributed by atoms with van der Waals surface area (Å²) >= 11 is 0. The first-order valence-corrected chi connectivity index (χ1v) is 9.16. The molecule has 0 atom stereocenters. The number of hydrogen-bond acceptors (Lipinski definition) is 4. The molecule has 0 unspecified atom stereocenters. The Labute approximate surface area is 188 Å². The van der Waals surface area contributed by atoms with E-state index in [1.54, 1.807) is 12.1 Å². The number of para-hydroxylation sites is 1. The van der Waals surface area contributed by atoms with Crippen molar-refractivity contribution in [2.45, 2.75) is 19.9 Å². The van der Waals surface area contributed by atoms with Gasteiger partial charge in [0.05, 0.1) is 14.2 Å². The molecular formula is C21H29FIN3O3. The molecule has 2 rings (SSSR count). The van der Waals surface area contributed by atoms with E-state index in [1.165, 1.54) is 20.3 Å². The molecule has 0 aliphatic heterocycles. The lowest BCUT2D eigenvalue weighted by atomic mass is 10.1. The Balaban J connectivity index is 0.00000420. The first kappa shape index (κ1) is 24.8. The first-order valence-electron chi connectivity index (χ1n) is 9.16. The van der Waals surface area contributed by atoms with Crippen LogP contribution in [0.4, 0.5) is 4.39 Å². The fourth-order valence-electron chi connectivity index (χ4n) is 2.84.